The van der Waals surface area contributed by atoms with Crippen molar-refractivity contribution in [1.82, 2.24) is 10.3 Å². The minimum atomic E-state index is -0.183. The molecule has 0 atom stereocenters. The third-order valence-electron chi connectivity index (χ3n) is 2.31. The average molecular weight is 271 g/mol. The minimum Gasteiger partial charge on any atom is -0.379 e. The van der Waals surface area contributed by atoms with Crippen molar-refractivity contribution in [1.29, 1.82) is 0 Å². The molecule has 0 radical (unpaired) electrons. The van der Waals surface area contributed by atoms with Crippen LogP contribution in [0, 0.1) is 0 Å². The minimum absolute atomic E-state index is 0.183. The molecule has 0 unspecified atom stereocenters. The molecule has 18 heavy (non-hydrogen) atoms. The molecule has 0 fully saturated rings. The third kappa shape index (κ3) is 5.47. The van der Waals surface area contributed by atoms with E-state index in [1.807, 2.05) is 13.8 Å². The number of nitrogens with one attached hydrogen (secondary N) is 1. The van der Waals surface area contributed by atoms with Gasteiger partial charge in [0.15, 0.2) is 0 Å². The summed E-state index contributed by atoms with van der Waals surface area (Å²) in [5, 5.41) is 3.04. The van der Waals surface area contributed by atoms with E-state index in [4.69, 9.17) is 16.3 Å². The first-order valence-corrected chi connectivity index (χ1v) is 6.49. The van der Waals surface area contributed by atoms with E-state index in [-0.39, 0.29) is 17.2 Å². The van der Waals surface area contributed by atoms with Crippen LogP contribution in [0.15, 0.2) is 18.3 Å². The van der Waals surface area contributed by atoms with Gasteiger partial charge in [-0.25, -0.2) is 4.98 Å². The second-order valence-electron chi connectivity index (χ2n) is 4.22. The Bertz CT molecular complexity index is 383. The van der Waals surface area contributed by atoms with E-state index in [0.29, 0.717) is 12.1 Å². The van der Waals surface area contributed by atoms with Crippen LogP contribution in [-0.4, -0.2) is 30.1 Å². The number of amides is 1. The number of carbonyl (C=O) groups excluding carboxylic acids is 1. The molecule has 1 rings (SSSR count). The predicted octanol–water partition coefficient (Wildman–Crippen LogP) is 2.67. The van der Waals surface area contributed by atoms with Crippen LogP contribution >= 0.6 is 11.6 Å². The predicted molar refractivity (Wildman–Crippen MR) is 71.9 cm³/mol. The second-order valence-corrected chi connectivity index (χ2v) is 4.58. The van der Waals surface area contributed by atoms with Crippen LogP contribution in [-0.2, 0) is 4.74 Å². The maximum Gasteiger partial charge on any atom is 0.254 e. The third-order valence-corrected chi connectivity index (χ3v) is 2.61. The van der Waals surface area contributed by atoms with Gasteiger partial charge in [0.2, 0.25) is 0 Å². The summed E-state index contributed by atoms with van der Waals surface area (Å²) in [6.45, 7) is 5.35. The number of aromatic nitrogens is 1. The van der Waals surface area contributed by atoms with Crippen LogP contribution in [0.5, 0.6) is 0 Å². The van der Waals surface area contributed by atoms with Gasteiger partial charge < -0.3 is 10.1 Å². The lowest BCUT2D eigenvalue weighted by molar-refractivity contribution is 0.0754. The Morgan fingerprint density at radius 2 is 2.28 bits per heavy atom. The Kier molecular flexibility index (Phi) is 6.68. The topological polar surface area (TPSA) is 51.2 Å². The number of carbonyl (C=O) groups is 1. The summed E-state index contributed by atoms with van der Waals surface area (Å²) in [4.78, 5) is 15.6. The summed E-state index contributed by atoms with van der Waals surface area (Å²) in [5.74, 6) is -0.183. The lowest BCUT2D eigenvalue weighted by Crippen LogP contribution is -2.25. The van der Waals surface area contributed by atoms with Crippen molar-refractivity contribution in [2.24, 2.45) is 0 Å². The molecular weight excluding hydrogens is 252 g/mol. The molecule has 5 heteroatoms. The van der Waals surface area contributed by atoms with E-state index in [9.17, 15) is 4.79 Å². The van der Waals surface area contributed by atoms with E-state index in [0.717, 1.165) is 19.4 Å². The quantitative estimate of drug-likeness (QED) is 0.612. The molecular formula is C13H19ClN2O2. The average Bonchev–Trinajstić information content (AvgIpc) is 2.33. The number of nitrogens with zero attached hydrogens (tertiary/aromatic N) is 1. The molecule has 1 aromatic rings. The molecule has 0 aliphatic heterocycles. The molecule has 0 saturated heterocycles. The number of unbranched alkanes of at least 4 members (excludes halogenated alkanes) is 1. The zero-order chi connectivity index (χ0) is 13.4. The molecule has 1 amide bonds. The first kappa shape index (κ1) is 14.9. The van der Waals surface area contributed by atoms with Gasteiger partial charge in [0.1, 0.15) is 5.15 Å². The van der Waals surface area contributed by atoms with Crippen LogP contribution in [0.2, 0.25) is 5.15 Å². The van der Waals surface area contributed by atoms with Crippen LogP contribution in [0.25, 0.3) is 0 Å². The first-order chi connectivity index (χ1) is 8.61. The largest absolute Gasteiger partial charge is 0.379 e. The standard InChI is InChI=1S/C13H19ClN2O2/c1-10(2)18-9-4-3-7-16-13(17)11-6-5-8-15-12(11)14/h5-6,8,10H,3-4,7,9H2,1-2H3,(H,16,17). The molecule has 0 aliphatic rings. The van der Waals surface area contributed by atoms with Crippen LogP contribution < -0.4 is 5.32 Å². The molecule has 1 heterocycles. The van der Waals surface area contributed by atoms with E-state index < -0.39 is 0 Å². The van der Waals surface area contributed by atoms with Crippen molar-refractivity contribution in [2.75, 3.05) is 13.2 Å². The van der Waals surface area contributed by atoms with E-state index in [2.05, 4.69) is 10.3 Å². The number of hydrogen-bond acceptors (Lipinski definition) is 3. The Hall–Kier alpha value is -1.13. The monoisotopic (exact) mass is 270 g/mol. The van der Waals surface area contributed by atoms with Crippen LogP contribution in [0.3, 0.4) is 0 Å². The van der Waals surface area contributed by atoms with Gasteiger partial charge >= 0.3 is 0 Å². The maximum atomic E-state index is 11.7. The van der Waals surface area contributed by atoms with E-state index in [1.54, 1.807) is 18.3 Å². The van der Waals surface area contributed by atoms with E-state index in [1.165, 1.54) is 0 Å². The molecule has 0 spiro atoms. The van der Waals surface area contributed by atoms with Crippen molar-refractivity contribution in [2.45, 2.75) is 32.8 Å². The smallest absolute Gasteiger partial charge is 0.254 e. The fourth-order valence-electron chi connectivity index (χ4n) is 1.40. The number of pyridine rings is 1. The highest BCUT2D eigenvalue weighted by molar-refractivity contribution is 6.32. The van der Waals surface area contributed by atoms with Gasteiger partial charge in [0.25, 0.3) is 5.91 Å². The molecule has 1 aromatic heterocycles. The molecule has 0 bridgehead atoms. The SMILES string of the molecule is CC(C)OCCCCNC(=O)c1cccnc1Cl. The summed E-state index contributed by atoms with van der Waals surface area (Å²) in [6.07, 6.45) is 3.63. The summed E-state index contributed by atoms with van der Waals surface area (Å²) < 4.78 is 5.41. The van der Waals surface area contributed by atoms with Crippen LogP contribution in [0.1, 0.15) is 37.0 Å². The van der Waals surface area contributed by atoms with Crippen molar-refractivity contribution >= 4 is 17.5 Å². The molecule has 1 N–H and O–H groups in total. The van der Waals surface area contributed by atoms with Gasteiger partial charge in [-0.05, 0) is 38.8 Å². The lowest BCUT2D eigenvalue weighted by atomic mass is 10.2. The van der Waals surface area contributed by atoms with Crippen LogP contribution in [0.4, 0.5) is 0 Å². The van der Waals surface area contributed by atoms with Gasteiger partial charge in [0, 0.05) is 19.3 Å². The number of ether oxygens (including phenoxy) is 1. The Morgan fingerprint density at radius 3 is 2.94 bits per heavy atom. The molecule has 4 nitrogen and oxygen atoms in total. The fraction of sp³-hybridized carbons (Fsp3) is 0.538. The summed E-state index contributed by atoms with van der Waals surface area (Å²) in [7, 11) is 0. The van der Waals surface area contributed by atoms with Gasteiger partial charge in [-0.15, -0.1) is 0 Å². The first-order valence-electron chi connectivity index (χ1n) is 6.11. The zero-order valence-electron chi connectivity index (χ0n) is 10.8. The normalized spacial score (nSPS) is 10.7. The van der Waals surface area contributed by atoms with Crippen molar-refractivity contribution in [3.8, 4) is 0 Å². The molecule has 0 aromatic carbocycles. The highest BCUT2D eigenvalue weighted by atomic mass is 35.5. The molecule has 100 valence electrons. The molecule has 0 saturated carbocycles. The fourth-order valence-corrected chi connectivity index (χ4v) is 1.60. The second kappa shape index (κ2) is 8.06. The zero-order valence-corrected chi connectivity index (χ0v) is 11.5. The number of hydrogen-bond donors (Lipinski definition) is 1. The van der Waals surface area contributed by atoms with Crippen molar-refractivity contribution in [3.05, 3.63) is 29.0 Å². The lowest BCUT2D eigenvalue weighted by Gasteiger charge is -2.08. The highest BCUT2D eigenvalue weighted by Crippen LogP contribution is 2.10. The number of halogens is 1. The summed E-state index contributed by atoms with van der Waals surface area (Å²) in [6, 6.07) is 3.35. The van der Waals surface area contributed by atoms with Gasteiger partial charge in [-0.1, -0.05) is 11.6 Å². The van der Waals surface area contributed by atoms with Crippen molar-refractivity contribution < 1.29 is 9.53 Å². The van der Waals surface area contributed by atoms with Crippen molar-refractivity contribution in [3.63, 3.8) is 0 Å². The van der Waals surface area contributed by atoms with Gasteiger partial charge in [0.05, 0.1) is 11.7 Å². The van der Waals surface area contributed by atoms with E-state index >= 15 is 0 Å². The summed E-state index contributed by atoms with van der Waals surface area (Å²) in [5.41, 5.74) is 0.414. The number of rotatable bonds is 7. The van der Waals surface area contributed by atoms with Gasteiger partial charge in [-0.3, -0.25) is 4.79 Å². The Morgan fingerprint density at radius 1 is 1.50 bits per heavy atom. The van der Waals surface area contributed by atoms with Gasteiger partial charge in [-0.2, -0.15) is 0 Å². The molecule has 0 aliphatic carbocycles. The maximum absolute atomic E-state index is 11.7. The Balaban J connectivity index is 2.20. The summed E-state index contributed by atoms with van der Waals surface area (Å²) >= 11 is 5.82. The Labute approximate surface area is 113 Å². The highest BCUT2D eigenvalue weighted by Gasteiger charge is 2.09.